The number of aromatic carboxylic acids is 1. The van der Waals surface area contributed by atoms with E-state index in [1.807, 2.05) is 6.92 Å². The van der Waals surface area contributed by atoms with Gasteiger partial charge in [0, 0.05) is 5.75 Å². The third-order valence-corrected chi connectivity index (χ3v) is 3.12. The standard InChI is InChI=1S/C11H12O3S2/c1-2-14-11(15)16-7-8-3-5-9(6-4-8)10(12)13/h3-6H,2,7H2,1H3,(H,12,13). The highest BCUT2D eigenvalue weighted by molar-refractivity contribution is 8.22. The fourth-order valence-corrected chi connectivity index (χ4v) is 2.02. The van der Waals surface area contributed by atoms with Crippen LogP contribution in [-0.2, 0) is 10.5 Å². The minimum absolute atomic E-state index is 0.293. The summed E-state index contributed by atoms with van der Waals surface area (Å²) < 4.78 is 5.64. The lowest BCUT2D eigenvalue weighted by Crippen LogP contribution is -1.98. The van der Waals surface area contributed by atoms with Crippen LogP contribution in [0.25, 0.3) is 0 Å². The molecule has 0 amide bonds. The van der Waals surface area contributed by atoms with E-state index >= 15 is 0 Å². The third-order valence-electron chi connectivity index (χ3n) is 1.82. The van der Waals surface area contributed by atoms with Crippen molar-refractivity contribution in [1.29, 1.82) is 0 Å². The van der Waals surface area contributed by atoms with Crippen LogP contribution in [0.2, 0.25) is 0 Å². The summed E-state index contributed by atoms with van der Waals surface area (Å²) >= 11 is 6.40. The molecule has 0 saturated carbocycles. The minimum atomic E-state index is -0.913. The zero-order valence-electron chi connectivity index (χ0n) is 8.80. The Morgan fingerprint density at radius 1 is 1.44 bits per heavy atom. The fraction of sp³-hybridized carbons (Fsp3) is 0.273. The molecule has 1 aromatic carbocycles. The Morgan fingerprint density at radius 2 is 2.06 bits per heavy atom. The van der Waals surface area contributed by atoms with E-state index in [1.54, 1.807) is 24.3 Å². The molecule has 86 valence electrons. The molecule has 0 saturated heterocycles. The lowest BCUT2D eigenvalue weighted by Gasteiger charge is -2.04. The van der Waals surface area contributed by atoms with Crippen LogP contribution in [0, 0.1) is 0 Å². The van der Waals surface area contributed by atoms with Crippen molar-refractivity contribution in [3.63, 3.8) is 0 Å². The second-order valence-electron chi connectivity index (χ2n) is 2.97. The molecule has 0 aliphatic carbocycles. The van der Waals surface area contributed by atoms with Crippen molar-refractivity contribution in [2.75, 3.05) is 6.61 Å². The molecule has 0 heterocycles. The van der Waals surface area contributed by atoms with Gasteiger partial charge in [-0.2, -0.15) is 0 Å². The number of rotatable bonds is 4. The van der Waals surface area contributed by atoms with Gasteiger partial charge < -0.3 is 9.84 Å². The van der Waals surface area contributed by atoms with Gasteiger partial charge in [0.25, 0.3) is 0 Å². The van der Waals surface area contributed by atoms with Gasteiger partial charge in [0.1, 0.15) is 0 Å². The fourth-order valence-electron chi connectivity index (χ4n) is 1.05. The van der Waals surface area contributed by atoms with Crippen molar-refractivity contribution < 1.29 is 14.6 Å². The normalized spacial score (nSPS) is 9.81. The molecular weight excluding hydrogens is 244 g/mol. The van der Waals surface area contributed by atoms with Crippen molar-refractivity contribution in [2.45, 2.75) is 12.7 Å². The highest BCUT2D eigenvalue weighted by Crippen LogP contribution is 2.15. The molecule has 0 radical (unpaired) electrons. The molecule has 5 heteroatoms. The van der Waals surface area contributed by atoms with Gasteiger partial charge in [-0.3, -0.25) is 0 Å². The number of thiocarbonyl (C=S) groups is 1. The van der Waals surface area contributed by atoms with Gasteiger partial charge in [-0.15, -0.1) is 0 Å². The first-order chi connectivity index (χ1) is 7.63. The lowest BCUT2D eigenvalue weighted by molar-refractivity contribution is 0.0697. The zero-order valence-corrected chi connectivity index (χ0v) is 10.4. The maximum absolute atomic E-state index is 10.6. The predicted molar refractivity (Wildman–Crippen MR) is 68.9 cm³/mol. The summed E-state index contributed by atoms with van der Waals surface area (Å²) in [5, 5.41) is 8.72. The smallest absolute Gasteiger partial charge is 0.335 e. The second kappa shape index (κ2) is 6.50. The summed E-state index contributed by atoms with van der Waals surface area (Å²) in [5.41, 5.74) is 1.32. The SMILES string of the molecule is CCOC(=S)SCc1ccc(C(=O)O)cc1. The van der Waals surface area contributed by atoms with Gasteiger partial charge in [-0.1, -0.05) is 23.9 Å². The van der Waals surface area contributed by atoms with Crippen LogP contribution in [0.1, 0.15) is 22.8 Å². The Bertz CT molecular complexity index is 373. The highest BCUT2D eigenvalue weighted by Gasteiger charge is 2.03. The monoisotopic (exact) mass is 256 g/mol. The average molecular weight is 256 g/mol. The maximum Gasteiger partial charge on any atom is 0.335 e. The van der Waals surface area contributed by atoms with Crippen LogP contribution in [0.4, 0.5) is 0 Å². The summed E-state index contributed by atoms with van der Waals surface area (Å²) in [6, 6.07) is 6.74. The Kier molecular flexibility index (Phi) is 5.28. The zero-order chi connectivity index (χ0) is 12.0. The van der Waals surface area contributed by atoms with E-state index in [0.717, 1.165) is 5.56 Å². The van der Waals surface area contributed by atoms with E-state index in [2.05, 4.69) is 0 Å². The Balaban J connectivity index is 2.49. The number of carbonyl (C=O) groups is 1. The molecule has 3 nitrogen and oxygen atoms in total. The molecule has 0 atom stereocenters. The number of carboxylic acids is 1. The van der Waals surface area contributed by atoms with E-state index in [9.17, 15) is 4.79 Å². The number of ether oxygens (including phenoxy) is 1. The molecule has 0 spiro atoms. The number of carboxylic acid groups (broad SMARTS) is 1. The summed E-state index contributed by atoms with van der Waals surface area (Å²) in [7, 11) is 0. The van der Waals surface area contributed by atoms with E-state index < -0.39 is 5.97 Å². The van der Waals surface area contributed by atoms with Gasteiger partial charge >= 0.3 is 5.97 Å². The highest BCUT2D eigenvalue weighted by atomic mass is 32.2. The van der Waals surface area contributed by atoms with Crippen LogP contribution in [0.5, 0.6) is 0 Å². The first kappa shape index (κ1) is 13.0. The molecule has 0 aromatic heterocycles. The minimum Gasteiger partial charge on any atom is -0.479 e. The van der Waals surface area contributed by atoms with Crippen molar-refractivity contribution in [3.05, 3.63) is 35.4 Å². The van der Waals surface area contributed by atoms with Gasteiger partial charge in [-0.05, 0) is 36.8 Å². The summed E-state index contributed by atoms with van der Waals surface area (Å²) in [6.07, 6.45) is 0. The van der Waals surface area contributed by atoms with Crippen LogP contribution < -0.4 is 0 Å². The Labute approximate surface area is 104 Å². The predicted octanol–water partition coefficient (Wildman–Crippen LogP) is 2.94. The molecule has 0 bridgehead atoms. The van der Waals surface area contributed by atoms with Crippen LogP contribution >= 0.6 is 24.0 Å². The Morgan fingerprint density at radius 3 is 2.56 bits per heavy atom. The van der Waals surface area contributed by atoms with Crippen LogP contribution in [0.3, 0.4) is 0 Å². The van der Waals surface area contributed by atoms with Crippen molar-refractivity contribution in [2.24, 2.45) is 0 Å². The molecule has 1 rings (SSSR count). The van der Waals surface area contributed by atoms with E-state index in [-0.39, 0.29) is 0 Å². The van der Waals surface area contributed by atoms with E-state index in [1.165, 1.54) is 11.8 Å². The molecule has 0 unspecified atom stereocenters. The van der Waals surface area contributed by atoms with Crippen molar-refractivity contribution >= 4 is 34.3 Å². The third kappa shape index (κ3) is 4.20. The van der Waals surface area contributed by atoms with Crippen LogP contribution in [0.15, 0.2) is 24.3 Å². The number of benzene rings is 1. The first-order valence-corrected chi connectivity index (χ1v) is 6.14. The van der Waals surface area contributed by atoms with Gasteiger partial charge in [0.2, 0.25) is 4.38 Å². The average Bonchev–Trinajstić information content (AvgIpc) is 2.27. The quantitative estimate of drug-likeness (QED) is 0.839. The summed E-state index contributed by atoms with van der Waals surface area (Å²) in [6.45, 7) is 2.46. The number of hydrogen-bond acceptors (Lipinski definition) is 4. The molecule has 16 heavy (non-hydrogen) atoms. The second-order valence-corrected chi connectivity index (χ2v) is 4.55. The van der Waals surface area contributed by atoms with E-state index in [4.69, 9.17) is 22.1 Å². The number of thioether (sulfide) groups is 1. The molecule has 1 aromatic rings. The first-order valence-electron chi connectivity index (χ1n) is 4.75. The molecule has 0 aliphatic rings. The largest absolute Gasteiger partial charge is 0.479 e. The number of hydrogen-bond donors (Lipinski definition) is 1. The van der Waals surface area contributed by atoms with Gasteiger partial charge in [-0.25, -0.2) is 4.79 Å². The molecule has 1 N–H and O–H groups in total. The lowest BCUT2D eigenvalue weighted by atomic mass is 10.1. The van der Waals surface area contributed by atoms with Crippen molar-refractivity contribution in [3.8, 4) is 0 Å². The summed E-state index contributed by atoms with van der Waals surface area (Å²) in [4.78, 5) is 10.6. The maximum atomic E-state index is 10.6. The molecular formula is C11H12O3S2. The molecule has 0 fully saturated rings. The Hall–Kier alpha value is -1.07. The van der Waals surface area contributed by atoms with Crippen LogP contribution in [-0.4, -0.2) is 22.1 Å². The molecule has 0 aliphatic heterocycles. The van der Waals surface area contributed by atoms with Crippen molar-refractivity contribution in [1.82, 2.24) is 0 Å². The summed E-state index contributed by atoms with van der Waals surface area (Å²) in [5.74, 6) is -0.220. The van der Waals surface area contributed by atoms with Gasteiger partial charge in [0.05, 0.1) is 12.2 Å². The topological polar surface area (TPSA) is 46.5 Å². The van der Waals surface area contributed by atoms with Gasteiger partial charge in [0.15, 0.2) is 0 Å². The van der Waals surface area contributed by atoms with E-state index in [0.29, 0.717) is 22.3 Å².